The van der Waals surface area contributed by atoms with Gasteiger partial charge in [-0.3, -0.25) is 14.6 Å². The number of benzene rings is 2. The number of anilines is 1. The quantitative estimate of drug-likeness (QED) is 0.655. The number of carbonyl (C=O) groups excluding carboxylic acids is 2. The summed E-state index contributed by atoms with van der Waals surface area (Å²) in [5.41, 5.74) is 5.40. The average molecular weight is 420 g/mol. The second-order valence-corrected chi connectivity index (χ2v) is 7.64. The van der Waals surface area contributed by atoms with Crippen molar-refractivity contribution in [1.29, 1.82) is 0 Å². The van der Waals surface area contributed by atoms with Gasteiger partial charge in [0.15, 0.2) is 0 Å². The standard InChI is InChI=1S/C24H22ClN3O2/c1-2-23(29)28-11-9-19-12-20(21(25)13-22(19)28)17-5-7-18(8-6-17)24(30)27-15-16-4-3-10-26-14-16/h3-8,10,12-14H,2,9,11,15H2,1H3,(H,27,30). The molecule has 3 aromatic rings. The fraction of sp³-hybridized carbons (Fsp3) is 0.208. The second-order valence-electron chi connectivity index (χ2n) is 7.23. The molecule has 30 heavy (non-hydrogen) atoms. The van der Waals surface area contributed by atoms with Crippen molar-refractivity contribution >= 4 is 29.1 Å². The normalized spacial score (nSPS) is 12.5. The van der Waals surface area contributed by atoms with Crippen molar-refractivity contribution < 1.29 is 9.59 Å². The summed E-state index contributed by atoms with van der Waals surface area (Å²) in [6, 6.07) is 15.1. The highest BCUT2D eigenvalue weighted by atomic mass is 35.5. The maximum atomic E-state index is 12.4. The molecule has 0 saturated heterocycles. The highest BCUT2D eigenvalue weighted by Crippen LogP contribution is 2.38. The van der Waals surface area contributed by atoms with Crippen LogP contribution < -0.4 is 10.2 Å². The Hall–Kier alpha value is -3.18. The molecule has 0 radical (unpaired) electrons. The number of nitrogens with zero attached hydrogens (tertiary/aromatic N) is 2. The van der Waals surface area contributed by atoms with Gasteiger partial charge in [0.1, 0.15) is 0 Å². The van der Waals surface area contributed by atoms with Crippen LogP contribution in [0.25, 0.3) is 11.1 Å². The molecule has 4 rings (SSSR count). The highest BCUT2D eigenvalue weighted by Gasteiger charge is 2.25. The molecule has 1 aliphatic heterocycles. The first-order chi connectivity index (χ1) is 14.6. The Morgan fingerprint density at radius 2 is 1.97 bits per heavy atom. The molecule has 5 nitrogen and oxygen atoms in total. The number of nitrogens with one attached hydrogen (secondary N) is 1. The molecule has 2 heterocycles. The first kappa shape index (κ1) is 20.1. The first-order valence-electron chi connectivity index (χ1n) is 9.97. The largest absolute Gasteiger partial charge is 0.348 e. The number of hydrogen-bond donors (Lipinski definition) is 1. The topological polar surface area (TPSA) is 62.3 Å². The number of hydrogen-bond acceptors (Lipinski definition) is 3. The minimum atomic E-state index is -0.140. The van der Waals surface area contributed by atoms with Crippen LogP contribution >= 0.6 is 11.6 Å². The number of pyridine rings is 1. The molecule has 2 amide bonds. The maximum absolute atomic E-state index is 12.4. The van der Waals surface area contributed by atoms with E-state index in [1.807, 2.05) is 37.3 Å². The lowest BCUT2D eigenvalue weighted by Gasteiger charge is -2.17. The van der Waals surface area contributed by atoms with Crippen molar-refractivity contribution in [3.8, 4) is 11.1 Å². The van der Waals surface area contributed by atoms with E-state index in [1.54, 1.807) is 29.4 Å². The van der Waals surface area contributed by atoms with E-state index in [9.17, 15) is 9.59 Å². The van der Waals surface area contributed by atoms with Crippen LogP contribution in [-0.2, 0) is 17.8 Å². The fourth-order valence-corrected chi connectivity index (χ4v) is 3.94. The molecule has 152 valence electrons. The number of carbonyl (C=O) groups is 2. The van der Waals surface area contributed by atoms with Crippen molar-refractivity contribution in [3.63, 3.8) is 0 Å². The van der Waals surface area contributed by atoms with E-state index in [4.69, 9.17) is 11.6 Å². The molecule has 0 aliphatic carbocycles. The summed E-state index contributed by atoms with van der Waals surface area (Å²) in [6.07, 6.45) is 4.73. The Balaban J connectivity index is 1.50. The molecule has 6 heteroatoms. The van der Waals surface area contributed by atoms with Gasteiger partial charge in [-0.05, 0) is 53.4 Å². The third-order valence-corrected chi connectivity index (χ3v) is 5.61. The van der Waals surface area contributed by atoms with Crippen LogP contribution in [0.2, 0.25) is 5.02 Å². The van der Waals surface area contributed by atoms with E-state index in [0.717, 1.165) is 34.4 Å². The number of amides is 2. The third-order valence-electron chi connectivity index (χ3n) is 5.30. The van der Waals surface area contributed by atoms with Crippen LogP contribution in [0.15, 0.2) is 60.9 Å². The lowest BCUT2D eigenvalue weighted by atomic mass is 10.00. The van der Waals surface area contributed by atoms with E-state index >= 15 is 0 Å². The van der Waals surface area contributed by atoms with Gasteiger partial charge in [0.05, 0.1) is 5.02 Å². The van der Waals surface area contributed by atoms with Crippen molar-refractivity contribution in [3.05, 3.63) is 82.6 Å². The molecule has 0 spiro atoms. The Bertz CT molecular complexity index is 1080. The number of fused-ring (bicyclic) bond motifs is 1. The summed E-state index contributed by atoms with van der Waals surface area (Å²) in [7, 11) is 0. The summed E-state index contributed by atoms with van der Waals surface area (Å²) < 4.78 is 0. The number of aromatic nitrogens is 1. The van der Waals surface area contributed by atoms with Gasteiger partial charge in [0.2, 0.25) is 5.91 Å². The number of rotatable bonds is 5. The van der Waals surface area contributed by atoms with Crippen LogP contribution in [-0.4, -0.2) is 23.3 Å². The number of halogens is 1. The Labute approximate surface area is 180 Å². The second kappa shape index (κ2) is 8.67. The summed E-state index contributed by atoms with van der Waals surface area (Å²) >= 11 is 6.55. The van der Waals surface area contributed by atoms with Gasteiger partial charge in [-0.1, -0.05) is 36.7 Å². The zero-order chi connectivity index (χ0) is 21.1. The Kier molecular flexibility index (Phi) is 5.81. The van der Waals surface area contributed by atoms with Gasteiger partial charge in [0, 0.05) is 48.7 Å². The summed E-state index contributed by atoms with van der Waals surface area (Å²) in [5, 5.41) is 3.49. The minimum Gasteiger partial charge on any atom is -0.348 e. The highest BCUT2D eigenvalue weighted by molar-refractivity contribution is 6.33. The fourth-order valence-electron chi connectivity index (χ4n) is 3.67. The maximum Gasteiger partial charge on any atom is 0.251 e. The van der Waals surface area contributed by atoms with Gasteiger partial charge in [-0.2, -0.15) is 0 Å². The zero-order valence-electron chi connectivity index (χ0n) is 16.7. The molecular formula is C24H22ClN3O2. The first-order valence-corrected chi connectivity index (χ1v) is 10.3. The van der Waals surface area contributed by atoms with Crippen molar-refractivity contribution in [1.82, 2.24) is 10.3 Å². The summed E-state index contributed by atoms with van der Waals surface area (Å²) in [6.45, 7) is 2.99. The van der Waals surface area contributed by atoms with Crippen LogP contribution in [0.3, 0.4) is 0 Å². The SMILES string of the molecule is CCC(=O)N1CCc2cc(-c3ccc(C(=O)NCc4cccnc4)cc3)c(Cl)cc21. The molecule has 2 aromatic carbocycles. The molecule has 0 bridgehead atoms. The van der Waals surface area contributed by atoms with Gasteiger partial charge >= 0.3 is 0 Å². The molecule has 0 fully saturated rings. The van der Waals surface area contributed by atoms with Gasteiger partial charge in [0.25, 0.3) is 5.91 Å². The predicted octanol–water partition coefficient (Wildman–Crippen LogP) is 4.63. The molecular weight excluding hydrogens is 398 g/mol. The molecule has 0 atom stereocenters. The van der Waals surface area contributed by atoms with Crippen molar-refractivity contribution in [2.75, 3.05) is 11.4 Å². The van der Waals surface area contributed by atoms with Gasteiger partial charge < -0.3 is 10.2 Å². The average Bonchev–Trinajstić information content (AvgIpc) is 3.20. The van der Waals surface area contributed by atoms with Crippen LogP contribution in [0.5, 0.6) is 0 Å². The molecule has 0 saturated carbocycles. The molecule has 1 aromatic heterocycles. The van der Waals surface area contributed by atoms with Gasteiger partial charge in [-0.25, -0.2) is 0 Å². The van der Waals surface area contributed by atoms with Crippen molar-refractivity contribution in [2.45, 2.75) is 26.3 Å². The minimum absolute atomic E-state index is 0.110. The van der Waals surface area contributed by atoms with E-state index < -0.39 is 0 Å². The predicted molar refractivity (Wildman–Crippen MR) is 119 cm³/mol. The van der Waals surface area contributed by atoms with Crippen molar-refractivity contribution in [2.24, 2.45) is 0 Å². The lowest BCUT2D eigenvalue weighted by molar-refractivity contribution is -0.118. The molecule has 1 N–H and O–H groups in total. The van der Waals surface area contributed by atoms with Crippen LogP contribution in [0.1, 0.15) is 34.8 Å². The smallest absolute Gasteiger partial charge is 0.251 e. The molecule has 0 unspecified atom stereocenters. The Morgan fingerprint density at radius 3 is 2.67 bits per heavy atom. The van der Waals surface area contributed by atoms with E-state index in [-0.39, 0.29) is 11.8 Å². The third kappa shape index (κ3) is 4.07. The van der Waals surface area contributed by atoms with E-state index in [2.05, 4.69) is 16.4 Å². The summed E-state index contributed by atoms with van der Waals surface area (Å²) in [4.78, 5) is 30.4. The van der Waals surface area contributed by atoms with Crippen LogP contribution in [0, 0.1) is 0 Å². The van der Waals surface area contributed by atoms with Gasteiger partial charge in [-0.15, -0.1) is 0 Å². The zero-order valence-corrected chi connectivity index (χ0v) is 17.4. The summed E-state index contributed by atoms with van der Waals surface area (Å²) in [5.74, 6) is -0.0293. The van der Waals surface area contributed by atoms with E-state index in [0.29, 0.717) is 30.1 Å². The molecule has 1 aliphatic rings. The van der Waals surface area contributed by atoms with Crippen LogP contribution in [0.4, 0.5) is 5.69 Å². The van der Waals surface area contributed by atoms with E-state index in [1.165, 1.54) is 0 Å². The monoisotopic (exact) mass is 419 g/mol. The lowest BCUT2D eigenvalue weighted by Crippen LogP contribution is -2.27. The Morgan fingerprint density at radius 1 is 1.17 bits per heavy atom.